The minimum Gasteiger partial charge on any atom is -0.495 e. The monoisotopic (exact) mass is 252 g/mol. The average Bonchev–Trinajstić information content (AvgIpc) is 2.38. The van der Waals surface area contributed by atoms with Gasteiger partial charge in [-0.3, -0.25) is 4.79 Å². The lowest BCUT2D eigenvalue weighted by Gasteiger charge is -2.08. The van der Waals surface area contributed by atoms with Crippen LogP contribution >= 0.6 is 0 Å². The van der Waals surface area contributed by atoms with E-state index in [1.807, 2.05) is 6.92 Å². The lowest BCUT2D eigenvalue weighted by molar-refractivity contribution is 0.0944. The predicted molar refractivity (Wildman–Crippen MR) is 70.8 cm³/mol. The minimum atomic E-state index is -0.138. The fraction of sp³-hybridized carbons (Fsp3) is 0.462. The summed E-state index contributed by atoms with van der Waals surface area (Å²) in [6, 6.07) is 4.98. The van der Waals surface area contributed by atoms with Gasteiger partial charge in [-0.2, -0.15) is 0 Å². The number of nitrogens with one attached hydrogen (secondary N) is 1. The van der Waals surface area contributed by atoms with Gasteiger partial charge in [0.2, 0.25) is 0 Å². The lowest BCUT2D eigenvalue weighted by Crippen LogP contribution is -2.25. The van der Waals surface area contributed by atoms with E-state index in [1.165, 1.54) is 0 Å². The first-order valence-corrected chi connectivity index (χ1v) is 5.98. The highest BCUT2D eigenvalue weighted by Gasteiger charge is 2.07. The van der Waals surface area contributed by atoms with Crippen LogP contribution < -0.4 is 15.8 Å². The molecule has 3 N–H and O–H groups in total. The van der Waals surface area contributed by atoms with Crippen molar-refractivity contribution in [2.24, 2.45) is 0 Å². The Morgan fingerprint density at radius 2 is 2.22 bits per heavy atom. The van der Waals surface area contributed by atoms with Crippen molar-refractivity contribution in [1.29, 1.82) is 0 Å². The van der Waals surface area contributed by atoms with E-state index in [9.17, 15) is 4.79 Å². The molecule has 1 rings (SSSR count). The number of rotatable bonds is 7. The van der Waals surface area contributed by atoms with E-state index in [1.54, 1.807) is 25.3 Å². The SMILES string of the molecule is CCOCCCNC(=O)c1ccc(OC)c(N)c1. The second kappa shape index (κ2) is 7.55. The number of carbonyl (C=O) groups excluding carboxylic acids is 1. The molecule has 18 heavy (non-hydrogen) atoms. The summed E-state index contributed by atoms with van der Waals surface area (Å²) in [5.74, 6) is 0.434. The molecule has 0 saturated carbocycles. The largest absolute Gasteiger partial charge is 0.495 e. The number of hydrogen-bond acceptors (Lipinski definition) is 4. The Hall–Kier alpha value is -1.75. The molecule has 1 aromatic rings. The molecule has 100 valence electrons. The van der Waals surface area contributed by atoms with E-state index in [4.69, 9.17) is 15.2 Å². The van der Waals surface area contributed by atoms with E-state index >= 15 is 0 Å². The predicted octanol–water partition coefficient (Wildman–Crippen LogP) is 1.43. The average molecular weight is 252 g/mol. The molecule has 0 bridgehead atoms. The molecule has 0 fully saturated rings. The third kappa shape index (κ3) is 4.25. The highest BCUT2D eigenvalue weighted by Crippen LogP contribution is 2.21. The van der Waals surface area contributed by atoms with Crippen LogP contribution in [0.4, 0.5) is 5.69 Å². The summed E-state index contributed by atoms with van der Waals surface area (Å²) >= 11 is 0. The van der Waals surface area contributed by atoms with E-state index in [2.05, 4.69) is 5.32 Å². The maximum atomic E-state index is 11.8. The number of methoxy groups -OCH3 is 1. The van der Waals surface area contributed by atoms with Gasteiger partial charge in [0.25, 0.3) is 5.91 Å². The van der Waals surface area contributed by atoms with Crippen LogP contribution in [0, 0.1) is 0 Å². The molecule has 5 heteroatoms. The maximum absolute atomic E-state index is 11.8. The molecule has 0 spiro atoms. The molecule has 0 aliphatic heterocycles. The summed E-state index contributed by atoms with van der Waals surface area (Å²) in [5, 5.41) is 2.81. The number of benzene rings is 1. The standard InChI is InChI=1S/C13H20N2O3/c1-3-18-8-4-7-15-13(16)10-5-6-12(17-2)11(14)9-10/h5-6,9H,3-4,7-8,14H2,1-2H3,(H,15,16). The molecule has 0 saturated heterocycles. The quantitative estimate of drug-likeness (QED) is 0.569. The van der Waals surface area contributed by atoms with Crippen LogP contribution in [-0.4, -0.2) is 32.8 Å². The fourth-order valence-corrected chi connectivity index (χ4v) is 1.50. The van der Waals surface area contributed by atoms with Gasteiger partial charge in [-0.05, 0) is 31.5 Å². The zero-order chi connectivity index (χ0) is 13.4. The van der Waals surface area contributed by atoms with Crippen LogP contribution in [-0.2, 0) is 4.74 Å². The van der Waals surface area contributed by atoms with E-state index in [0.717, 1.165) is 6.42 Å². The molecule has 1 aromatic carbocycles. The van der Waals surface area contributed by atoms with Gasteiger partial charge in [0.1, 0.15) is 5.75 Å². The molecule has 1 amide bonds. The molecular weight excluding hydrogens is 232 g/mol. The first-order chi connectivity index (χ1) is 8.69. The third-order valence-corrected chi connectivity index (χ3v) is 2.45. The normalized spacial score (nSPS) is 10.1. The number of ether oxygens (including phenoxy) is 2. The van der Waals surface area contributed by atoms with Crippen molar-refractivity contribution in [2.45, 2.75) is 13.3 Å². The van der Waals surface area contributed by atoms with Gasteiger partial charge in [-0.25, -0.2) is 0 Å². The first-order valence-electron chi connectivity index (χ1n) is 5.98. The Balaban J connectivity index is 2.44. The highest BCUT2D eigenvalue weighted by molar-refractivity contribution is 5.95. The van der Waals surface area contributed by atoms with Gasteiger partial charge < -0.3 is 20.5 Å². The minimum absolute atomic E-state index is 0.138. The van der Waals surface area contributed by atoms with Crippen molar-refractivity contribution in [3.8, 4) is 5.75 Å². The summed E-state index contributed by atoms with van der Waals surface area (Å²) in [7, 11) is 1.54. The van der Waals surface area contributed by atoms with Crippen molar-refractivity contribution in [1.82, 2.24) is 5.32 Å². The first kappa shape index (κ1) is 14.3. The van der Waals surface area contributed by atoms with Gasteiger partial charge >= 0.3 is 0 Å². The van der Waals surface area contributed by atoms with Crippen LogP contribution in [0.5, 0.6) is 5.75 Å². The molecule has 0 unspecified atom stereocenters. The number of anilines is 1. The molecule has 0 aliphatic carbocycles. The van der Waals surface area contributed by atoms with Crippen LogP contribution in [0.15, 0.2) is 18.2 Å². The topological polar surface area (TPSA) is 73.6 Å². The van der Waals surface area contributed by atoms with Gasteiger partial charge in [0.05, 0.1) is 12.8 Å². The highest BCUT2D eigenvalue weighted by atomic mass is 16.5. The van der Waals surface area contributed by atoms with Gasteiger partial charge in [-0.1, -0.05) is 0 Å². The summed E-state index contributed by atoms with van der Waals surface area (Å²) in [6.45, 7) is 3.88. The van der Waals surface area contributed by atoms with Crippen molar-refractivity contribution in [3.05, 3.63) is 23.8 Å². The molecule has 0 atom stereocenters. The van der Waals surface area contributed by atoms with E-state index in [-0.39, 0.29) is 5.91 Å². The Kier molecular flexibility index (Phi) is 6.00. The van der Waals surface area contributed by atoms with Crippen LogP contribution in [0.2, 0.25) is 0 Å². The number of nitrogen functional groups attached to an aromatic ring is 1. The number of amides is 1. The second-order valence-corrected chi connectivity index (χ2v) is 3.76. The van der Waals surface area contributed by atoms with Gasteiger partial charge in [0.15, 0.2) is 0 Å². The number of nitrogens with two attached hydrogens (primary N) is 1. The van der Waals surface area contributed by atoms with E-state index in [0.29, 0.717) is 36.8 Å². The third-order valence-electron chi connectivity index (χ3n) is 2.45. The molecule has 5 nitrogen and oxygen atoms in total. The van der Waals surface area contributed by atoms with Crippen molar-refractivity contribution in [3.63, 3.8) is 0 Å². The molecular formula is C13H20N2O3. The summed E-state index contributed by atoms with van der Waals surface area (Å²) < 4.78 is 10.2. The Morgan fingerprint density at radius 1 is 1.44 bits per heavy atom. The lowest BCUT2D eigenvalue weighted by atomic mass is 10.1. The zero-order valence-electron chi connectivity index (χ0n) is 10.9. The molecule has 0 heterocycles. The van der Waals surface area contributed by atoms with E-state index < -0.39 is 0 Å². The number of hydrogen-bond donors (Lipinski definition) is 2. The van der Waals surface area contributed by atoms with Crippen molar-refractivity contribution in [2.75, 3.05) is 32.6 Å². The Morgan fingerprint density at radius 3 is 2.83 bits per heavy atom. The van der Waals surface area contributed by atoms with Crippen molar-refractivity contribution >= 4 is 11.6 Å². The van der Waals surface area contributed by atoms with Crippen molar-refractivity contribution < 1.29 is 14.3 Å². The Labute approximate surface area is 107 Å². The van der Waals surface area contributed by atoms with Crippen LogP contribution in [0.3, 0.4) is 0 Å². The summed E-state index contributed by atoms with van der Waals surface area (Å²) in [4.78, 5) is 11.8. The fourth-order valence-electron chi connectivity index (χ4n) is 1.50. The zero-order valence-corrected chi connectivity index (χ0v) is 10.9. The molecule has 0 aromatic heterocycles. The molecule has 0 aliphatic rings. The molecule has 0 radical (unpaired) electrons. The second-order valence-electron chi connectivity index (χ2n) is 3.76. The smallest absolute Gasteiger partial charge is 0.251 e. The van der Waals surface area contributed by atoms with Crippen LogP contribution in [0.1, 0.15) is 23.7 Å². The maximum Gasteiger partial charge on any atom is 0.251 e. The Bertz CT molecular complexity index is 394. The summed E-state index contributed by atoms with van der Waals surface area (Å²) in [6.07, 6.45) is 0.797. The van der Waals surface area contributed by atoms with Crippen LogP contribution in [0.25, 0.3) is 0 Å². The number of carbonyl (C=O) groups is 1. The van der Waals surface area contributed by atoms with Gasteiger partial charge in [-0.15, -0.1) is 0 Å². The van der Waals surface area contributed by atoms with Gasteiger partial charge in [0, 0.05) is 25.3 Å². The summed E-state index contributed by atoms with van der Waals surface area (Å²) in [5.41, 5.74) is 6.73.